The van der Waals surface area contributed by atoms with Crippen molar-refractivity contribution in [2.45, 2.75) is 71.9 Å². The summed E-state index contributed by atoms with van der Waals surface area (Å²) >= 11 is 0. The third-order valence-electron chi connectivity index (χ3n) is 5.35. The Morgan fingerprint density at radius 1 is 1.10 bits per heavy atom. The summed E-state index contributed by atoms with van der Waals surface area (Å²) in [5, 5.41) is 12.1. The van der Waals surface area contributed by atoms with Crippen molar-refractivity contribution >= 4 is 11.9 Å². The first-order chi connectivity index (χ1) is 13.9. The number of hydrogen-bond acceptors (Lipinski definition) is 4. The molecule has 0 aliphatic heterocycles. The maximum absolute atomic E-state index is 12.1. The largest absolute Gasteiger partial charge is 0.484 e. The first-order valence-electron chi connectivity index (χ1n) is 10.7. The molecule has 164 valence electrons. The van der Waals surface area contributed by atoms with Gasteiger partial charge in [0.05, 0.1) is 0 Å². The van der Waals surface area contributed by atoms with Crippen molar-refractivity contribution in [3.05, 3.63) is 29.8 Å². The lowest BCUT2D eigenvalue weighted by molar-refractivity contribution is -0.148. The van der Waals surface area contributed by atoms with Crippen LogP contribution in [0.15, 0.2) is 24.3 Å². The molecule has 29 heavy (non-hydrogen) atoms. The van der Waals surface area contributed by atoms with Crippen LogP contribution in [0.1, 0.15) is 58.9 Å². The Labute approximate surface area is 175 Å². The van der Waals surface area contributed by atoms with Crippen LogP contribution in [0.5, 0.6) is 5.75 Å². The van der Waals surface area contributed by atoms with Crippen molar-refractivity contribution < 1.29 is 24.2 Å². The molecule has 1 saturated carbocycles. The Morgan fingerprint density at radius 3 is 2.17 bits per heavy atom. The predicted molar refractivity (Wildman–Crippen MR) is 114 cm³/mol. The van der Waals surface area contributed by atoms with Crippen molar-refractivity contribution in [2.75, 3.05) is 13.7 Å². The lowest BCUT2D eigenvalue weighted by Crippen LogP contribution is -2.40. The molecule has 0 radical (unpaired) electrons. The number of methoxy groups -OCH3 is 1. The zero-order valence-electron chi connectivity index (χ0n) is 18.4. The highest BCUT2D eigenvalue weighted by molar-refractivity contribution is 5.77. The van der Waals surface area contributed by atoms with E-state index >= 15 is 0 Å². The van der Waals surface area contributed by atoms with Crippen LogP contribution in [0.4, 0.5) is 0 Å². The normalized spacial score (nSPS) is 19.7. The topological polar surface area (TPSA) is 84.9 Å². The van der Waals surface area contributed by atoms with E-state index in [1.165, 1.54) is 20.0 Å². The second-order valence-electron chi connectivity index (χ2n) is 7.62. The van der Waals surface area contributed by atoms with E-state index in [4.69, 9.17) is 14.6 Å². The van der Waals surface area contributed by atoms with Crippen LogP contribution >= 0.6 is 0 Å². The molecule has 0 bridgehead atoms. The first kappa shape index (κ1) is 25.0. The summed E-state index contributed by atoms with van der Waals surface area (Å²) in [5.74, 6) is 0.977. The molecule has 1 aliphatic rings. The molecule has 2 N–H and O–H groups in total. The summed E-state index contributed by atoms with van der Waals surface area (Å²) in [5.41, 5.74) is 0.836. The van der Waals surface area contributed by atoms with Crippen LogP contribution in [0.3, 0.4) is 0 Å². The fourth-order valence-electron chi connectivity index (χ4n) is 3.56. The number of aliphatic carboxylic acids is 1. The van der Waals surface area contributed by atoms with Gasteiger partial charge in [0.1, 0.15) is 5.75 Å². The number of carboxylic acid groups (broad SMARTS) is 1. The Morgan fingerprint density at radius 2 is 1.69 bits per heavy atom. The number of carboxylic acids is 1. The average molecular weight is 408 g/mol. The lowest BCUT2D eigenvalue weighted by atomic mass is 9.80. The number of carbonyl (C=O) groups is 2. The van der Waals surface area contributed by atoms with Gasteiger partial charge in [-0.2, -0.15) is 0 Å². The van der Waals surface area contributed by atoms with E-state index < -0.39 is 12.1 Å². The molecule has 6 heteroatoms. The Kier molecular flexibility index (Phi) is 11.4. The van der Waals surface area contributed by atoms with Gasteiger partial charge < -0.3 is 19.9 Å². The average Bonchev–Trinajstić information content (AvgIpc) is 2.73. The second-order valence-corrected chi connectivity index (χ2v) is 7.62. The maximum Gasteiger partial charge on any atom is 0.333 e. The second kappa shape index (κ2) is 13.2. The van der Waals surface area contributed by atoms with Gasteiger partial charge in [-0.1, -0.05) is 39.8 Å². The molecule has 1 aromatic rings. The van der Waals surface area contributed by atoms with Gasteiger partial charge in [0, 0.05) is 19.6 Å². The number of amides is 1. The number of benzene rings is 1. The minimum Gasteiger partial charge on any atom is -0.484 e. The van der Waals surface area contributed by atoms with E-state index in [2.05, 4.69) is 19.2 Å². The highest BCUT2D eigenvalue weighted by atomic mass is 16.5. The Balaban J connectivity index is 0.00000204. The van der Waals surface area contributed by atoms with Crippen LogP contribution in [0.2, 0.25) is 0 Å². The summed E-state index contributed by atoms with van der Waals surface area (Å²) in [7, 11) is 1.38. The van der Waals surface area contributed by atoms with E-state index in [1.54, 1.807) is 24.3 Å². The zero-order valence-corrected chi connectivity index (χ0v) is 18.4. The van der Waals surface area contributed by atoms with Crippen LogP contribution < -0.4 is 10.1 Å². The molecule has 1 fully saturated rings. The number of hydrogen-bond donors (Lipinski definition) is 2. The molecule has 0 heterocycles. The Bertz CT molecular complexity index is 606. The number of rotatable bonds is 9. The van der Waals surface area contributed by atoms with Crippen LogP contribution in [0.25, 0.3) is 0 Å². The fourth-order valence-corrected chi connectivity index (χ4v) is 3.56. The van der Waals surface area contributed by atoms with E-state index in [9.17, 15) is 9.59 Å². The van der Waals surface area contributed by atoms with Gasteiger partial charge in [0.15, 0.2) is 12.7 Å². The van der Waals surface area contributed by atoms with Crippen molar-refractivity contribution in [2.24, 2.45) is 11.8 Å². The molecule has 0 aromatic heterocycles. The van der Waals surface area contributed by atoms with Gasteiger partial charge in [0.2, 0.25) is 0 Å². The molecule has 2 rings (SSSR count). The highest BCUT2D eigenvalue weighted by Gasteiger charge is 2.24. The molecule has 1 aromatic carbocycles. The number of carbonyl (C=O) groups excluding carboxylic acids is 1. The third-order valence-corrected chi connectivity index (χ3v) is 5.35. The molecule has 0 unspecified atom stereocenters. The monoisotopic (exact) mass is 407 g/mol. The third kappa shape index (κ3) is 8.86. The molecule has 1 amide bonds. The van der Waals surface area contributed by atoms with Crippen LogP contribution in [0, 0.1) is 11.8 Å². The van der Waals surface area contributed by atoms with Crippen molar-refractivity contribution in [1.82, 2.24) is 5.32 Å². The van der Waals surface area contributed by atoms with Gasteiger partial charge >= 0.3 is 5.97 Å². The van der Waals surface area contributed by atoms with Gasteiger partial charge in [-0.15, -0.1) is 0 Å². The lowest BCUT2D eigenvalue weighted by Gasteiger charge is -2.31. The minimum absolute atomic E-state index is 0.0146. The van der Waals surface area contributed by atoms with E-state index in [0.717, 1.165) is 24.3 Å². The first-order valence-corrected chi connectivity index (χ1v) is 10.7. The van der Waals surface area contributed by atoms with Crippen molar-refractivity contribution in [3.8, 4) is 5.75 Å². The SMILES string of the molecule is CC.CO[C@@H](Cc1ccc(OCC(=O)NC2CCC(C(C)C)CC2)cc1)C(=O)O. The molecule has 1 atom stereocenters. The van der Waals surface area contributed by atoms with Crippen molar-refractivity contribution in [3.63, 3.8) is 0 Å². The molecular formula is C23H37NO5. The summed E-state index contributed by atoms with van der Waals surface area (Å²) in [6, 6.07) is 7.31. The standard InChI is InChI=1S/C21H31NO5.C2H6/c1-14(2)16-6-8-17(9-7-16)22-20(23)13-27-18-10-4-15(5-11-18)12-19(26-3)21(24)25;1-2/h4-5,10-11,14,16-17,19H,6-9,12-13H2,1-3H3,(H,22,23)(H,24,25);1-2H3/t16?,17?,19-;/m0./s1. The molecular weight excluding hydrogens is 370 g/mol. The van der Waals surface area contributed by atoms with E-state index in [0.29, 0.717) is 11.7 Å². The van der Waals surface area contributed by atoms with Gasteiger partial charge in [0.25, 0.3) is 5.91 Å². The Hall–Kier alpha value is -2.08. The molecule has 6 nitrogen and oxygen atoms in total. The minimum atomic E-state index is -0.989. The molecule has 1 aliphatic carbocycles. The zero-order chi connectivity index (χ0) is 21.8. The van der Waals surface area contributed by atoms with Crippen molar-refractivity contribution in [1.29, 1.82) is 0 Å². The fraction of sp³-hybridized carbons (Fsp3) is 0.652. The van der Waals surface area contributed by atoms with Crippen LogP contribution in [-0.4, -0.2) is 42.8 Å². The highest BCUT2D eigenvalue weighted by Crippen LogP contribution is 2.29. The molecule has 0 saturated heterocycles. The van der Waals surface area contributed by atoms with E-state index in [1.807, 2.05) is 13.8 Å². The van der Waals surface area contributed by atoms with Gasteiger partial charge in [-0.25, -0.2) is 4.79 Å². The maximum atomic E-state index is 12.1. The molecule has 0 spiro atoms. The smallest absolute Gasteiger partial charge is 0.333 e. The number of ether oxygens (including phenoxy) is 2. The summed E-state index contributed by atoms with van der Waals surface area (Å²) < 4.78 is 10.5. The van der Waals surface area contributed by atoms with Crippen LogP contribution in [-0.2, 0) is 20.7 Å². The predicted octanol–water partition coefficient (Wildman–Crippen LogP) is 4.06. The number of nitrogens with one attached hydrogen (secondary N) is 1. The van der Waals surface area contributed by atoms with Gasteiger partial charge in [-0.3, -0.25) is 4.79 Å². The summed E-state index contributed by atoms with van der Waals surface area (Å²) in [4.78, 5) is 23.1. The summed E-state index contributed by atoms with van der Waals surface area (Å²) in [6.07, 6.45) is 3.83. The van der Waals surface area contributed by atoms with E-state index in [-0.39, 0.29) is 25.0 Å². The summed E-state index contributed by atoms with van der Waals surface area (Å²) in [6.45, 7) is 8.51. The van der Waals surface area contributed by atoms with Gasteiger partial charge in [-0.05, 0) is 55.2 Å². The quantitative estimate of drug-likeness (QED) is 0.645.